The maximum absolute atomic E-state index is 13.6. The minimum Gasteiger partial charge on any atom is -0.466 e. The van der Waals surface area contributed by atoms with Gasteiger partial charge in [-0.1, -0.05) is 45.1 Å². The van der Waals surface area contributed by atoms with Crippen LogP contribution in [0.5, 0.6) is 0 Å². The van der Waals surface area contributed by atoms with E-state index >= 15 is 0 Å². The average molecular weight is 830 g/mol. The number of carbonyl (C=O) groups excluding carboxylic acids is 5. The van der Waals surface area contributed by atoms with Crippen LogP contribution >= 0.6 is 15.9 Å². The number of carbonyl (C=O) groups is 5. The van der Waals surface area contributed by atoms with Crippen LogP contribution in [0.2, 0.25) is 0 Å². The Morgan fingerprint density at radius 1 is 1.02 bits per heavy atom. The van der Waals surface area contributed by atoms with E-state index in [0.717, 1.165) is 0 Å². The number of allylic oxidation sites excluding steroid dienone is 2. The quantitative estimate of drug-likeness (QED) is 0.120. The fourth-order valence-electron chi connectivity index (χ4n) is 11.5. The molecule has 3 fully saturated rings. The standard InChI is InChI=1S/C41H53BrO11.C2H4/c1-10-27(36(47)49-9)39(8)34(53-25(5)44)33(52-24(4)43)38(7)29-19-21-40(23(3)51-35(46)26-14-12-13-15-28(26)42)22-50-32(45)17-16-30(40)37(29,6)20-18-31(38)41(39,48)11-2;1-2/h10,12-17,23,29-31,33-34,48H,11,18-22H2,1-9H3;1-2H2/b27-10-;/t23?,29?,30-,31?,33+,34-,37+,38+,39+,40-,41+;/m0./s1. The number of fused-ring (bicyclic) bond motifs is 5. The van der Waals surface area contributed by atoms with Crippen molar-refractivity contribution in [2.24, 2.45) is 39.4 Å². The van der Waals surface area contributed by atoms with Crippen LogP contribution in [0.4, 0.5) is 0 Å². The smallest absolute Gasteiger partial charge is 0.339 e. The van der Waals surface area contributed by atoms with Gasteiger partial charge < -0.3 is 28.8 Å². The first-order valence-electron chi connectivity index (χ1n) is 19.0. The van der Waals surface area contributed by atoms with Crippen LogP contribution in [-0.4, -0.2) is 72.6 Å². The van der Waals surface area contributed by atoms with E-state index < -0.39 is 81.3 Å². The number of hydrogen-bond donors (Lipinski definition) is 1. The van der Waals surface area contributed by atoms with Crippen LogP contribution in [0.3, 0.4) is 0 Å². The molecule has 1 N–H and O–H groups in total. The zero-order valence-corrected chi connectivity index (χ0v) is 35.2. The number of ether oxygens (including phenoxy) is 5. The van der Waals surface area contributed by atoms with Crippen LogP contribution in [0, 0.1) is 39.4 Å². The van der Waals surface area contributed by atoms with Gasteiger partial charge in [-0.25, -0.2) is 14.4 Å². The summed E-state index contributed by atoms with van der Waals surface area (Å²) in [6.45, 7) is 19.8. The Bertz CT molecular complexity index is 1740. The minimum absolute atomic E-state index is 0.0144. The third kappa shape index (κ3) is 6.89. The maximum Gasteiger partial charge on any atom is 0.339 e. The van der Waals surface area contributed by atoms with Crippen molar-refractivity contribution in [2.45, 2.75) is 111 Å². The minimum atomic E-state index is -1.64. The first kappa shape index (κ1) is 44.0. The van der Waals surface area contributed by atoms with Gasteiger partial charge in [0.25, 0.3) is 0 Å². The van der Waals surface area contributed by atoms with Gasteiger partial charge in [-0.2, -0.15) is 0 Å². The molecule has 5 rings (SSSR count). The Morgan fingerprint density at radius 2 is 1.62 bits per heavy atom. The predicted octanol–water partition coefficient (Wildman–Crippen LogP) is 7.49. The Labute approximate surface area is 333 Å². The topological polar surface area (TPSA) is 152 Å². The molecule has 0 bridgehead atoms. The fourth-order valence-corrected chi connectivity index (χ4v) is 12.0. The van der Waals surface area contributed by atoms with Crippen LogP contribution in [0.15, 0.2) is 65.7 Å². The number of halogens is 1. The van der Waals surface area contributed by atoms with Gasteiger partial charge in [-0.05, 0) is 104 Å². The molecule has 0 aromatic heterocycles. The lowest BCUT2D eigenvalue weighted by molar-refractivity contribution is -0.318. The van der Waals surface area contributed by atoms with Crippen molar-refractivity contribution in [2.75, 3.05) is 13.7 Å². The van der Waals surface area contributed by atoms with Gasteiger partial charge in [-0.15, -0.1) is 13.2 Å². The summed E-state index contributed by atoms with van der Waals surface area (Å²) in [5.41, 5.74) is -5.18. The number of cyclic esters (lactones) is 1. The second-order valence-corrected chi connectivity index (χ2v) is 16.8. The number of benzene rings is 1. The molecule has 55 heavy (non-hydrogen) atoms. The van der Waals surface area contributed by atoms with Gasteiger partial charge in [0.1, 0.15) is 18.8 Å². The molecule has 1 aromatic rings. The Balaban J connectivity index is 0.00000331. The zero-order valence-electron chi connectivity index (χ0n) is 33.6. The summed E-state index contributed by atoms with van der Waals surface area (Å²) in [4.78, 5) is 66.1. The summed E-state index contributed by atoms with van der Waals surface area (Å²) in [5.74, 6) is -4.16. The molecule has 0 radical (unpaired) electrons. The molecule has 1 heterocycles. The van der Waals surface area contributed by atoms with E-state index in [1.54, 1.807) is 38.1 Å². The van der Waals surface area contributed by atoms with Crippen molar-refractivity contribution in [3.8, 4) is 0 Å². The van der Waals surface area contributed by atoms with E-state index in [9.17, 15) is 29.1 Å². The summed E-state index contributed by atoms with van der Waals surface area (Å²) in [5, 5.41) is 13.3. The van der Waals surface area contributed by atoms with Crippen molar-refractivity contribution in [1.82, 2.24) is 0 Å². The van der Waals surface area contributed by atoms with Crippen molar-refractivity contribution in [3.63, 3.8) is 0 Å². The Kier molecular flexibility index (Phi) is 13.1. The molecule has 1 aromatic carbocycles. The third-order valence-electron chi connectivity index (χ3n) is 13.9. The number of methoxy groups -OCH3 is 1. The van der Waals surface area contributed by atoms with Gasteiger partial charge >= 0.3 is 29.8 Å². The highest BCUT2D eigenvalue weighted by Crippen LogP contribution is 2.74. The second kappa shape index (κ2) is 16.4. The molecule has 0 spiro atoms. The van der Waals surface area contributed by atoms with E-state index in [-0.39, 0.29) is 30.4 Å². The Hall–Kier alpha value is -3.77. The molecule has 0 saturated heterocycles. The van der Waals surface area contributed by atoms with E-state index in [0.29, 0.717) is 35.7 Å². The molecule has 3 aliphatic carbocycles. The first-order chi connectivity index (χ1) is 25.8. The lowest BCUT2D eigenvalue weighted by atomic mass is 9.33. The molecule has 4 aliphatic rings. The third-order valence-corrected chi connectivity index (χ3v) is 14.6. The van der Waals surface area contributed by atoms with Gasteiger partial charge in [0.2, 0.25) is 0 Å². The molecular formula is C43H57BrO11. The lowest BCUT2D eigenvalue weighted by Gasteiger charge is -2.72. The van der Waals surface area contributed by atoms with Gasteiger partial charge in [-0.3, -0.25) is 9.59 Å². The van der Waals surface area contributed by atoms with Gasteiger partial charge in [0.15, 0.2) is 6.10 Å². The highest BCUT2D eigenvalue weighted by Gasteiger charge is 2.77. The van der Waals surface area contributed by atoms with Crippen molar-refractivity contribution in [3.05, 3.63) is 71.3 Å². The SMILES string of the molecule is C/C=C(/C(=O)OC)[C@]1(C)[C@@H](OC(C)=O)[C@@H](OC(C)=O)[C@@]2(C)C(CC[C@]3(C)C2CC[C@@]2(C(C)OC(=O)c4ccccc4Br)COC(=O)C=C[C@H]23)[C@]1(O)CC.C=C. The highest BCUT2D eigenvalue weighted by atomic mass is 79.9. The summed E-state index contributed by atoms with van der Waals surface area (Å²) in [6, 6.07) is 7.02. The molecule has 11 atom stereocenters. The highest BCUT2D eigenvalue weighted by molar-refractivity contribution is 9.10. The van der Waals surface area contributed by atoms with Crippen LogP contribution < -0.4 is 0 Å². The number of esters is 5. The largest absolute Gasteiger partial charge is 0.466 e. The summed E-state index contributed by atoms with van der Waals surface area (Å²) in [6.07, 6.45) is 3.98. The zero-order chi connectivity index (χ0) is 41.3. The lowest BCUT2D eigenvalue weighted by Crippen LogP contribution is -2.78. The molecule has 1 aliphatic heterocycles. The number of aliphatic hydroxyl groups is 1. The molecule has 11 nitrogen and oxygen atoms in total. The molecule has 302 valence electrons. The van der Waals surface area contributed by atoms with Crippen LogP contribution in [0.25, 0.3) is 0 Å². The van der Waals surface area contributed by atoms with E-state index in [2.05, 4.69) is 36.0 Å². The first-order valence-corrected chi connectivity index (χ1v) is 19.7. The molecule has 12 heteroatoms. The molecular weight excluding hydrogens is 772 g/mol. The summed E-state index contributed by atoms with van der Waals surface area (Å²) < 4.78 is 30.3. The van der Waals surface area contributed by atoms with Crippen LogP contribution in [-0.2, 0) is 42.9 Å². The molecule has 0 amide bonds. The van der Waals surface area contributed by atoms with E-state index in [4.69, 9.17) is 23.7 Å². The van der Waals surface area contributed by atoms with Gasteiger partial charge in [0.05, 0.1) is 23.7 Å². The normalized spacial score (nSPS) is 37.1. The van der Waals surface area contributed by atoms with Crippen LogP contribution in [0.1, 0.15) is 97.9 Å². The predicted molar refractivity (Wildman–Crippen MR) is 208 cm³/mol. The maximum atomic E-state index is 13.6. The summed E-state index contributed by atoms with van der Waals surface area (Å²) in [7, 11) is 1.25. The van der Waals surface area contributed by atoms with Crippen molar-refractivity contribution < 1.29 is 52.8 Å². The summed E-state index contributed by atoms with van der Waals surface area (Å²) >= 11 is 3.46. The van der Waals surface area contributed by atoms with Crippen molar-refractivity contribution in [1.29, 1.82) is 0 Å². The monoisotopic (exact) mass is 828 g/mol. The van der Waals surface area contributed by atoms with Crippen molar-refractivity contribution >= 4 is 45.8 Å². The fraction of sp³-hybridized carbons (Fsp3) is 0.605. The second-order valence-electron chi connectivity index (χ2n) is 16.0. The Morgan fingerprint density at radius 3 is 2.18 bits per heavy atom. The van der Waals surface area contributed by atoms with Gasteiger partial charge in [0, 0.05) is 40.8 Å². The number of hydrogen-bond acceptors (Lipinski definition) is 11. The molecule has 3 unspecified atom stereocenters. The molecule has 3 saturated carbocycles. The van der Waals surface area contributed by atoms with E-state index in [1.807, 2.05) is 32.9 Å². The average Bonchev–Trinajstić information content (AvgIpc) is 3.32. The van der Waals surface area contributed by atoms with E-state index in [1.165, 1.54) is 27.0 Å². The number of rotatable bonds is 8.